The maximum Gasteiger partial charge on any atom is 0.277 e. The van der Waals surface area contributed by atoms with Crippen LogP contribution in [0.3, 0.4) is 0 Å². The Kier molecular flexibility index (Phi) is 7.31. The van der Waals surface area contributed by atoms with Crippen LogP contribution < -0.4 is 14.9 Å². The summed E-state index contributed by atoms with van der Waals surface area (Å²) in [6.45, 7) is 5.07. The van der Waals surface area contributed by atoms with Crippen molar-refractivity contribution in [1.29, 1.82) is 0 Å². The van der Waals surface area contributed by atoms with E-state index < -0.39 is 0 Å². The number of rotatable bonds is 8. The quantitative estimate of drug-likeness (QED) is 0.496. The number of aryl methyl sites for hydroxylation is 1. The molecule has 2 aromatic carbocycles. The van der Waals surface area contributed by atoms with Gasteiger partial charge in [-0.05, 0) is 42.8 Å². The van der Waals surface area contributed by atoms with Crippen molar-refractivity contribution in [3.63, 3.8) is 0 Å². The minimum Gasteiger partial charge on any atom is -0.497 e. The first-order valence-electron chi connectivity index (χ1n) is 9.45. The lowest BCUT2D eigenvalue weighted by Crippen LogP contribution is -2.41. The summed E-state index contributed by atoms with van der Waals surface area (Å²) in [5, 5.41) is 3.16. The Labute approximate surface area is 185 Å². The Morgan fingerprint density at radius 3 is 2.53 bits per heavy atom. The molecule has 30 heavy (non-hydrogen) atoms. The van der Waals surface area contributed by atoms with Gasteiger partial charge in [0, 0.05) is 18.1 Å². The minimum atomic E-state index is -0.181. The summed E-state index contributed by atoms with van der Waals surface area (Å²) in [4.78, 5) is 18.1. The Bertz CT molecular complexity index is 1020. The summed E-state index contributed by atoms with van der Waals surface area (Å²) in [5.41, 5.74) is 5.54. The molecule has 1 aromatic heterocycles. The van der Waals surface area contributed by atoms with Gasteiger partial charge in [-0.25, -0.2) is 9.99 Å². The highest BCUT2D eigenvalue weighted by Gasteiger charge is 2.20. The number of ether oxygens (including phenoxy) is 2. The molecule has 0 spiro atoms. The first-order chi connectivity index (χ1) is 14.4. The zero-order chi connectivity index (χ0) is 21.7. The molecule has 0 saturated heterocycles. The standard InChI is InChI=1S/C22H24ClN3O3S/c1-5-26(13-15-6-9-17(28-3)10-7-15)25-21(27)20-14(2)24-22(30-20)18-11-8-16(23)12-19(18)29-4/h6-12H,5,13H2,1-4H3,(H,25,27). The van der Waals surface area contributed by atoms with Crippen molar-refractivity contribution in [1.82, 2.24) is 15.4 Å². The number of thiazole rings is 1. The van der Waals surface area contributed by atoms with Crippen LogP contribution in [0.25, 0.3) is 10.6 Å². The number of carbonyl (C=O) groups excluding carboxylic acids is 1. The van der Waals surface area contributed by atoms with E-state index >= 15 is 0 Å². The third-order valence-electron chi connectivity index (χ3n) is 4.57. The van der Waals surface area contributed by atoms with Gasteiger partial charge in [0.2, 0.25) is 0 Å². The molecule has 0 aliphatic heterocycles. The number of hydrazine groups is 1. The summed E-state index contributed by atoms with van der Waals surface area (Å²) in [6.07, 6.45) is 0. The fourth-order valence-electron chi connectivity index (χ4n) is 2.94. The van der Waals surface area contributed by atoms with Crippen LogP contribution in [0.5, 0.6) is 11.5 Å². The smallest absolute Gasteiger partial charge is 0.277 e. The van der Waals surface area contributed by atoms with Crippen LogP contribution in [0, 0.1) is 6.92 Å². The fourth-order valence-corrected chi connectivity index (χ4v) is 4.09. The fraction of sp³-hybridized carbons (Fsp3) is 0.273. The molecule has 0 fully saturated rings. The molecule has 0 bridgehead atoms. The molecule has 0 radical (unpaired) electrons. The van der Waals surface area contributed by atoms with E-state index in [4.69, 9.17) is 21.1 Å². The number of hydrogen-bond donors (Lipinski definition) is 1. The molecule has 1 amide bonds. The summed E-state index contributed by atoms with van der Waals surface area (Å²) in [6, 6.07) is 13.1. The molecular weight excluding hydrogens is 422 g/mol. The molecule has 3 rings (SSSR count). The first kappa shape index (κ1) is 22.1. The summed E-state index contributed by atoms with van der Waals surface area (Å²) >= 11 is 7.38. The van der Waals surface area contributed by atoms with Gasteiger partial charge in [0.1, 0.15) is 21.4 Å². The molecule has 1 N–H and O–H groups in total. The Balaban J connectivity index is 1.76. The zero-order valence-electron chi connectivity index (χ0n) is 17.4. The second kappa shape index (κ2) is 9.93. The van der Waals surface area contributed by atoms with Gasteiger partial charge in [0.05, 0.1) is 25.5 Å². The van der Waals surface area contributed by atoms with E-state index in [0.29, 0.717) is 39.4 Å². The third kappa shape index (κ3) is 5.11. The number of carbonyl (C=O) groups is 1. The van der Waals surface area contributed by atoms with Gasteiger partial charge in [-0.1, -0.05) is 30.7 Å². The molecule has 0 atom stereocenters. The predicted molar refractivity (Wildman–Crippen MR) is 120 cm³/mol. The molecular formula is C22H24ClN3O3S. The van der Waals surface area contributed by atoms with Gasteiger partial charge in [-0.15, -0.1) is 11.3 Å². The Morgan fingerprint density at radius 1 is 1.17 bits per heavy atom. The maximum atomic E-state index is 12.9. The van der Waals surface area contributed by atoms with E-state index in [1.807, 2.05) is 49.2 Å². The Morgan fingerprint density at radius 2 is 1.90 bits per heavy atom. The minimum absolute atomic E-state index is 0.181. The van der Waals surface area contributed by atoms with Crippen LogP contribution in [0.2, 0.25) is 5.02 Å². The Hall–Kier alpha value is -2.61. The van der Waals surface area contributed by atoms with E-state index in [2.05, 4.69) is 10.4 Å². The monoisotopic (exact) mass is 445 g/mol. The third-order valence-corrected chi connectivity index (χ3v) is 6.00. The van der Waals surface area contributed by atoms with Gasteiger partial charge >= 0.3 is 0 Å². The summed E-state index contributed by atoms with van der Waals surface area (Å²) in [5.74, 6) is 1.24. The first-order valence-corrected chi connectivity index (χ1v) is 10.6. The maximum absolute atomic E-state index is 12.9. The van der Waals surface area contributed by atoms with Gasteiger partial charge < -0.3 is 9.47 Å². The van der Waals surface area contributed by atoms with Crippen molar-refractivity contribution in [2.75, 3.05) is 20.8 Å². The van der Waals surface area contributed by atoms with Crippen molar-refractivity contribution in [3.8, 4) is 22.1 Å². The molecule has 0 saturated carbocycles. The van der Waals surface area contributed by atoms with Gasteiger partial charge in [-0.2, -0.15) is 0 Å². The number of aromatic nitrogens is 1. The number of nitrogens with zero attached hydrogens (tertiary/aromatic N) is 2. The van der Waals surface area contributed by atoms with E-state index in [9.17, 15) is 4.79 Å². The number of hydrogen-bond acceptors (Lipinski definition) is 6. The van der Waals surface area contributed by atoms with Crippen molar-refractivity contribution in [3.05, 3.63) is 63.6 Å². The number of nitrogens with one attached hydrogen (secondary N) is 1. The number of amides is 1. The van der Waals surface area contributed by atoms with Crippen LogP contribution >= 0.6 is 22.9 Å². The average molecular weight is 446 g/mol. The van der Waals surface area contributed by atoms with Gasteiger partial charge in [0.15, 0.2) is 0 Å². The molecule has 6 nitrogen and oxygen atoms in total. The predicted octanol–water partition coefficient (Wildman–Crippen LogP) is 4.96. The topological polar surface area (TPSA) is 63.7 Å². The van der Waals surface area contributed by atoms with E-state index in [1.165, 1.54) is 11.3 Å². The molecule has 1 heterocycles. The lowest BCUT2D eigenvalue weighted by atomic mass is 10.2. The number of benzene rings is 2. The largest absolute Gasteiger partial charge is 0.497 e. The molecule has 0 aliphatic carbocycles. The van der Waals surface area contributed by atoms with E-state index in [1.54, 1.807) is 26.4 Å². The normalized spacial score (nSPS) is 10.9. The second-order valence-corrected chi connectivity index (χ2v) is 8.02. The van der Waals surface area contributed by atoms with Crippen LogP contribution in [0.1, 0.15) is 27.9 Å². The molecule has 8 heteroatoms. The lowest BCUT2D eigenvalue weighted by Gasteiger charge is -2.21. The molecule has 0 aliphatic rings. The van der Waals surface area contributed by atoms with Crippen LogP contribution in [0.15, 0.2) is 42.5 Å². The highest BCUT2D eigenvalue weighted by molar-refractivity contribution is 7.17. The average Bonchev–Trinajstić information content (AvgIpc) is 3.15. The van der Waals surface area contributed by atoms with Crippen LogP contribution in [-0.2, 0) is 6.54 Å². The van der Waals surface area contributed by atoms with Crippen LogP contribution in [-0.4, -0.2) is 36.7 Å². The number of methoxy groups -OCH3 is 2. The SMILES string of the molecule is CCN(Cc1ccc(OC)cc1)NC(=O)c1sc(-c2ccc(Cl)cc2OC)nc1C. The van der Waals surface area contributed by atoms with E-state index in [0.717, 1.165) is 16.9 Å². The van der Waals surface area contributed by atoms with Crippen molar-refractivity contribution in [2.24, 2.45) is 0 Å². The van der Waals surface area contributed by atoms with Crippen molar-refractivity contribution >= 4 is 28.8 Å². The van der Waals surface area contributed by atoms with Gasteiger partial charge in [0.25, 0.3) is 5.91 Å². The second-order valence-electron chi connectivity index (χ2n) is 6.58. The molecule has 158 valence electrons. The highest BCUT2D eigenvalue weighted by Crippen LogP contribution is 2.36. The van der Waals surface area contributed by atoms with E-state index in [-0.39, 0.29) is 5.91 Å². The highest BCUT2D eigenvalue weighted by atomic mass is 35.5. The van der Waals surface area contributed by atoms with Crippen LogP contribution in [0.4, 0.5) is 0 Å². The lowest BCUT2D eigenvalue weighted by molar-refractivity contribution is 0.0788. The van der Waals surface area contributed by atoms with Crippen molar-refractivity contribution < 1.29 is 14.3 Å². The van der Waals surface area contributed by atoms with Crippen molar-refractivity contribution in [2.45, 2.75) is 20.4 Å². The summed E-state index contributed by atoms with van der Waals surface area (Å²) < 4.78 is 10.6. The molecule has 0 unspecified atom stereocenters. The molecule has 3 aromatic rings. The number of halogens is 1. The van der Waals surface area contributed by atoms with Gasteiger partial charge in [-0.3, -0.25) is 10.2 Å². The summed E-state index contributed by atoms with van der Waals surface area (Å²) in [7, 11) is 3.22. The zero-order valence-corrected chi connectivity index (χ0v) is 18.9.